The summed E-state index contributed by atoms with van der Waals surface area (Å²) in [5.41, 5.74) is 14.0. The lowest BCUT2D eigenvalue weighted by molar-refractivity contribution is 0.173. The number of hydrogen-bond donors (Lipinski definition) is 1. The van der Waals surface area contributed by atoms with Crippen LogP contribution in [-0.2, 0) is 19.5 Å². The second-order valence-electron chi connectivity index (χ2n) is 10.8. The zero-order valence-electron chi connectivity index (χ0n) is 24.2. The molecule has 0 atom stereocenters. The van der Waals surface area contributed by atoms with E-state index in [0.717, 1.165) is 37.7 Å². The summed E-state index contributed by atoms with van der Waals surface area (Å²) in [4.78, 5) is 5.12. The van der Waals surface area contributed by atoms with Crippen molar-refractivity contribution in [1.29, 1.82) is 0 Å². The second kappa shape index (κ2) is 16.2. The number of para-hydroxylation sites is 1. The van der Waals surface area contributed by atoms with Crippen LogP contribution in [0.25, 0.3) is 5.57 Å². The fraction of sp³-hybridized carbons (Fsp3) is 0.429. The van der Waals surface area contributed by atoms with Crippen LogP contribution in [0.2, 0.25) is 0 Å². The molecule has 2 heterocycles. The molecule has 3 nitrogen and oxygen atoms in total. The molecule has 0 unspecified atom stereocenters. The topological polar surface area (TPSA) is 32.5 Å². The van der Waals surface area contributed by atoms with Gasteiger partial charge in [-0.1, -0.05) is 62.6 Å². The van der Waals surface area contributed by atoms with Gasteiger partial charge in [-0.2, -0.15) is 0 Å². The van der Waals surface area contributed by atoms with Crippen molar-refractivity contribution in [1.82, 2.24) is 9.80 Å². The van der Waals surface area contributed by atoms with Crippen LogP contribution in [0.3, 0.4) is 0 Å². The molecule has 1 fully saturated rings. The highest BCUT2D eigenvalue weighted by atomic mass is 19.1. The van der Waals surface area contributed by atoms with Crippen molar-refractivity contribution < 1.29 is 4.39 Å². The molecule has 2 aliphatic rings. The summed E-state index contributed by atoms with van der Waals surface area (Å²) in [7, 11) is 0. The van der Waals surface area contributed by atoms with Crippen LogP contribution in [-0.4, -0.2) is 36.0 Å². The van der Waals surface area contributed by atoms with E-state index in [1.807, 2.05) is 12.1 Å². The molecule has 1 saturated heterocycles. The zero-order chi connectivity index (χ0) is 28.0. The number of nitrogen functional groups attached to an aromatic ring is 1. The van der Waals surface area contributed by atoms with Crippen LogP contribution in [0.5, 0.6) is 0 Å². The Balaban J connectivity index is 0.000000459. The minimum Gasteiger partial charge on any atom is -0.398 e. The molecule has 0 spiro atoms. The molecule has 0 radical (unpaired) electrons. The average molecular weight is 530 g/mol. The van der Waals surface area contributed by atoms with E-state index in [4.69, 9.17) is 5.73 Å². The highest BCUT2D eigenvalue weighted by Crippen LogP contribution is 2.29. The monoisotopic (exact) mass is 529 g/mol. The van der Waals surface area contributed by atoms with Crippen LogP contribution in [0.4, 0.5) is 10.1 Å². The predicted molar refractivity (Wildman–Crippen MR) is 167 cm³/mol. The molecule has 2 aromatic carbocycles. The van der Waals surface area contributed by atoms with Crippen molar-refractivity contribution in [3.8, 4) is 0 Å². The minimum atomic E-state index is -0.262. The van der Waals surface area contributed by atoms with E-state index in [1.54, 1.807) is 18.6 Å². The van der Waals surface area contributed by atoms with Crippen molar-refractivity contribution in [3.63, 3.8) is 0 Å². The lowest BCUT2D eigenvalue weighted by atomic mass is 9.88. The van der Waals surface area contributed by atoms with Gasteiger partial charge in [0.15, 0.2) is 0 Å². The summed E-state index contributed by atoms with van der Waals surface area (Å²) in [6.07, 6.45) is 13.2. The van der Waals surface area contributed by atoms with Gasteiger partial charge >= 0.3 is 0 Å². The zero-order valence-corrected chi connectivity index (χ0v) is 24.2. The molecule has 2 N–H and O–H groups in total. The Morgan fingerprint density at radius 3 is 2.54 bits per heavy atom. The molecule has 0 amide bonds. The summed E-state index contributed by atoms with van der Waals surface area (Å²) in [6.45, 7) is 18.6. The third-order valence-corrected chi connectivity index (χ3v) is 7.99. The van der Waals surface area contributed by atoms with Gasteiger partial charge in [-0.05, 0) is 130 Å². The van der Waals surface area contributed by atoms with E-state index in [1.165, 1.54) is 92.2 Å². The van der Waals surface area contributed by atoms with E-state index in [0.29, 0.717) is 0 Å². The number of halogens is 1. The number of allylic oxidation sites excluding steroid dienone is 6. The molecule has 0 aromatic heterocycles. The molecular weight excluding hydrogens is 481 g/mol. The van der Waals surface area contributed by atoms with Crippen molar-refractivity contribution in [2.75, 3.05) is 31.9 Å². The molecule has 0 saturated carbocycles. The maximum Gasteiger partial charge on any atom is 0.122 e. The van der Waals surface area contributed by atoms with Gasteiger partial charge < -0.3 is 5.73 Å². The van der Waals surface area contributed by atoms with Crippen molar-refractivity contribution in [3.05, 3.63) is 108 Å². The summed E-state index contributed by atoms with van der Waals surface area (Å²) >= 11 is 0. The summed E-state index contributed by atoms with van der Waals surface area (Å²) in [5, 5.41) is 0. The van der Waals surface area contributed by atoms with Crippen LogP contribution in [0.15, 0.2) is 85.8 Å². The largest absolute Gasteiger partial charge is 0.398 e. The number of hydrogen-bond acceptors (Lipinski definition) is 3. The van der Waals surface area contributed by atoms with E-state index < -0.39 is 0 Å². The van der Waals surface area contributed by atoms with Gasteiger partial charge in [0, 0.05) is 18.8 Å². The summed E-state index contributed by atoms with van der Waals surface area (Å²) in [5.74, 6) is 0.556. The lowest BCUT2D eigenvalue weighted by Crippen LogP contribution is -2.33. The first kappa shape index (κ1) is 30.6. The number of likely N-dealkylation sites (tertiary alicyclic amines) is 1. The third-order valence-electron chi connectivity index (χ3n) is 7.99. The van der Waals surface area contributed by atoms with Gasteiger partial charge in [-0.15, -0.1) is 0 Å². The number of benzene rings is 2. The SMILES string of the molecule is C=C(CCC1CCN(Cc2ccccc2N)CC1)c1ccc2c(c1)CN(CC)CCC2.C=C/C=C(F)\C=C/C. The maximum absolute atomic E-state index is 12.1. The van der Waals surface area contributed by atoms with Gasteiger partial charge in [0.05, 0.1) is 0 Å². The number of nitrogens with zero attached hydrogens (tertiary/aromatic N) is 2. The van der Waals surface area contributed by atoms with Crippen molar-refractivity contribution in [2.45, 2.75) is 65.5 Å². The Bertz CT molecular complexity index is 1120. The first-order valence-corrected chi connectivity index (χ1v) is 14.6. The van der Waals surface area contributed by atoms with Crippen LogP contribution >= 0.6 is 0 Å². The smallest absolute Gasteiger partial charge is 0.122 e. The molecule has 0 aliphatic carbocycles. The average Bonchev–Trinajstić information content (AvgIpc) is 3.16. The summed E-state index contributed by atoms with van der Waals surface area (Å²) in [6, 6.07) is 15.4. The fourth-order valence-corrected chi connectivity index (χ4v) is 5.52. The second-order valence-corrected chi connectivity index (χ2v) is 10.8. The molecular formula is C35H48FN3. The number of rotatable bonds is 9. The Kier molecular flexibility index (Phi) is 12.7. The highest BCUT2D eigenvalue weighted by Gasteiger charge is 2.20. The highest BCUT2D eigenvalue weighted by molar-refractivity contribution is 5.64. The molecule has 39 heavy (non-hydrogen) atoms. The number of nitrogens with two attached hydrogens (primary N) is 1. The quantitative estimate of drug-likeness (QED) is 0.262. The van der Waals surface area contributed by atoms with Crippen molar-refractivity contribution >= 4 is 11.3 Å². The van der Waals surface area contributed by atoms with Gasteiger partial charge in [0.1, 0.15) is 5.83 Å². The fourth-order valence-electron chi connectivity index (χ4n) is 5.52. The number of piperidine rings is 1. The van der Waals surface area contributed by atoms with E-state index in [2.05, 4.69) is 60.2 Å². The van der Waals surface area contributed by atoms with Crippen LogP contribution < -0.4 is 5.73 Å². The van der Waals surface area contributed by atoms with E-state index in [9.17, 15) is 4.39 Å². The van der Waals surface area contributed by atoms with Crippen molar-refractivity contribution in [2.24, 2.45) is 5.92 Å². The Morgan fingerprint density at radius 2 is 1.85 bits per heavy atom. The van der Waals surface area contributed by atoms with Gasteiger partial charge in [-0.25, -0.2) is 4.39 Å². The third kappa shape index (κ3) is 9.94. The summed E-state index contributed by atoms with van der Waals surface area (Å²) < 4.78 is 12.1. The van der Waals surface area contributed by atoms with Gasteiger partial charge in [0.2, 0.25) is 0 Å². The number of aryl methyl sites for hydroxylation is 1. The van der Waals surface area contributed by atoms with Gasteiger partial charge in [0.25, 0.3) is 0 Å². The standard InChI is InChI=1S/C28H39N3.C7H9F/c1-3-30-16-6-8-24-12-13-25(19-27(24)21-30)22(2)10-11-23-14-17-31(18-15-23)20-26-7-4-5-9-28(26)29;1-3-5-7(8)6-4-2/h4-5,7,9,12-13,19,23H,2-3,6,8,10-11,14-18,20-21,29H2,1H3;3-6H,1H2,2H3/b;6-4-,7-5+. The number of fused-ring (bicyclic) bond motifs is 1. The molecule has 0 bridgehead atoms. The first-order chi connectivity index (χ1) is 18.9. The predicted octanol–water partition coefficient (Wildman–Crippen LogP) is 8.34. The maximum atomic E-state index is 12.1. The number of anilines is 1. The van der Waals surface area contributed by atoms with E-state index >= 15 is 0 Å². The molecule has 210 valence electrons. The van der Waals surface area contributed by atoms with Gasteiger partial charge in [-0.3, -0.25) is 9.80 Å². The van der Waals surface area contributed by atoms with Crippen LogP contribution in [0.1, 0.15) is 68.2 Å². The Morgan fingerprint density at radius 1 is 1.08 bits per heavy atom. The molecule has 2 aromatic rings. The first-order valence-electron chi connectivity index (χ1n) is 14.6. The Labute approximate surface area is 236 Å². The molecule has 4 rings (SSSR count). The Hall–Kier alpha value is -2.95. The normalized spacial score (nSPS) is 17.3. The molecule has 2 aliphatic heterocycles. The lowest BCUT2D eigenvalue weighted by Gasteiger charge is -2.32. The molecule has 4 heteroatoms. The van der Waals surface area contributed by atoms with E-state index in [-0.39, 0.29) is 5.83 Å². The van der Waals surface area contributed by atoms with Crippen LogP contribution in [0, 0.1) is 5.92 Å². The minimum absolute atomic E-state index is 0.262.